The van der Waals surface area contributed by atoms with Crippen LogP contribution in [0.1, 0.15) is 48.0 Å². The van der Waals surface area contributed by atoms with Crippen LogP contribution < -0.4 is 0 Å². The standard InChI is InChI=1S/C21H23FN2O/c22-18-9-17(12-23-13-18)21(25)16-10-19-7-4-8-20(11-16)24(19)14-15-5-2-1-3-6-15/h1-3,5-6,9,12-13,16,19-20H,4,7-8,10-11,14H2. The van der Waals surface area contributed by atoms with E-state index in [0.29, 0.717) is 17.6 Å². The van der Waals surface area contributed by atoms with Crippen molar-refractivity contribution in [2.75, 3.05) is 0 Å². The SMILES string of the molecule is O=C(c1cncc(F)c1)C1CC2CCCC(C1)N2Cc1ccccc1. The molecule has 2 atom stereocenters. The Labute approximate surface area is 147 Å². The van der Waals surface area contributed by atoms with Crippen molar-refractivity contribution in [3.8, 4) is 0 Å². The predicted molar refractivity (Wildman–Crippen MR) is 94.7 cm³/mol. The second-order valence-electron chi connectivity index (χ2n) is 7.32. The number of rotatable bonds is 4. The van der Waals surface area contributed by atoms with E-state index < -0.39 is 5.82 Å². The van der Waals surface area contributed by atoms with Gasteiger partial charge in [0.25, 0.3) is 0 Å². The van der Waals surface area contributed by atoms with E-state index in [1.54, 1.807) is 0 Å². The maximum Gasteiger partial charge on any atom is 0.167 e. The molecule has 0 amide bonds. The molecule has 2 aromatic rings. The van der Waals surface area contributed by atoms with Crippen LogP contribution >= 0.6 is 0 Å². The largest absolute Gasteiger partial charge is 0.294 e. The number of pyridine rings is 1. The van der Waals surface area contributed by atoms with E-state index in [0.717, 1.165) is 38.4 Å². The zero-order valence-corrected chi connectivity index (χ0v) is 14.3. The van der Waals surface area contributed by atoms with Crippen LogP contribution in [0.2, 0.25) is 0 Å². The molecule has 1 aromatic carbocycles. The minimum absolute atomic E-state index is 0.00840. The molecule has 2 aliphatic heterocycles. The third kappa shape index (κ3) is 3.49. The topological polar surface area (TPSA) is 33.2 Å². The third-order valence-corrected chi connectivity index (χ3v) is 5.69. The van der Waals surface area contributed by atoms with Gasteiger partial charge in [-0.25, -0.2) is 4.39 Å². The maximum atomic E-state index is 13.4. The van der Waals surface area contributed by atoms with Crippen LogP contribution in [0.15, 0.2) is 48.8 Å². The fourth-order valence-corrected chi connectivity index (χ4v) is 4.53. The summed E-state index contributed by atoms with van der Waals surface area (Å²) in [6.45, 7) is 0.957. The fourth-order valence-electron chi connectivity index (χ4n) is 4.53. The molecule has 0 N–H and O–H groups in total. The van der Waals surface area contributed by atoms with Crippen LogP contribution in [-0.2, 0) is 6.54 Å². The quantitative estimate of drug-likeness (QED) is 0.782. The molecule has 3 heterocycles. The first-order chi connectivity index (χ1) is 12.2. The minimum atomic E-state index is -0.437. The molecule has 2 unspecified atom stereocenters. The monoisotopic (exact) mass is 338 g/mol. The Morgan fingerprint density at radius 3 is 2.52 bits per heavy atom. The van der Waals surface area contributed by atoms with Gasteiger partial charge in [0, 0.05) is 36.3 Å². The average molecular weight is 338 g/mol. The Kier molecular flexibility index (Phi) is 4.62. The molecule has 4 rings (SSSR count). The zero-order chi connectivity index (χ0) is 17.2. The highest BCUT2D eigenvalue weighted by Crippen LogP contribution is 2.39. The van der Waals surface area contributed by atoms with Gasteiger partial charge in [-0.05, 0) is 37.3 Å². The summed E-state index contributed by atoms with van der Waals surface area (Å²) in [6.07, 6.45) is 7.93. The summed E-state index contributed by atoms with van der Waals surface area (Å²) in [7, 11) is 0. The van der Waals surface area contributed by atoms with Crippen molar-refractivity contribution < 1.29 is 9.18 Å². The molecule has 3 nitrogen and oxygen atoms in total. The smallest absolute Gasteiger partial charge is 0.167 e. The first kappa shape index (κ1) is 16.4. The number of piperidine rings is 2. The van der Waals surface area contributed by atoms with Gasteiger partial charge in [-0.15, -0.1) is 0 Å². The molecule has 130 valence electrons. The molecule has 25 heavy (non-hydrogen) atoms. The Balaban J connectivity index is 1.50. The molecule has 0 spiro atoms. The molecule has 0 radical (unpaired) electrons. The van der Waals surface area contributed by atoms with Crippen molar-refractivity contribution in [3.05, 3.63) is 65.7 Å². The van der Waals surface area contributed by atoms with Gasteiger partial charge in [-0.1, -0.05) is 36.8 Å². The van der Waals surface area contributed by atoms with Crippen molar-refractivity contribution in [2.24, 2.45) is 5.92 Å². The normalized spacial score (nSPS) is 26.4. The number of ketones is 1. The Bertz CT molecular complexity index is 735. The molecule has 2 fully saturated rings. The van der Waals surface area contributed by atoms with Crippen LogP contribution in [0.25, 0.3) is 0 Å². The number of carbonyl (C=O) groups is 1. The zero-order valence-electron chi connectivity index (χ0n) is 14.3. The molecular weight excluding hydrogens is 315 g/mol. The lowest BCUT2D eigenvalue weighted by Crippen LogP contribution is -2.52. The summed E-state index contributed by atoms with van der Waals surface area (Å²) in [5, 5.41) is 0. The van der Waals surface area contributed by atoms with Crippen LogP contribution in [0, 0.1) is 11.7 Å². The number of carbonyl (C=O) groups excluding carboxylic acids is 1. The highest BCUT2D eigenvalue weighted by atomic mass is 19.1. The lowest BCUT2D eigenvalue weighted by atomic mass is 9.75. The maximum absolute atomic E-state index is 13.4. The van der Waals surface area contributed by atoms with Crippen LogP contribution in [-0.4, -0.2) is 27.8 Å². The van der Waals surface area contributed by atoms with Crippen molar-refractivity contribution >= 4 is 5.78 Å². The first-order valence-corrected chi connectivity index (χ1v) is 9.15. The lowest BCUT2D eigenvalue weighted by Gasteiger charge is -2.48. The number of Topliss-reactive ketones (excluding diaryl/α,β-unsaturated/α-hetero) is 1. The van der Waals surface area contributed by atoms with E-state index in [1.807, 2.05) is 6.07 Å². The van der Waals surface area contributed by atoms with Crippen molar-refractivity contribution in [1.82, 2.24) is 9.88 Å². The van der Waals surface area contributed by atoms with Gasteiger partial charge in [0.1, 0.15) is 5.82 Å². The summed E-state index contributed by atoms with van der Waals surface area (Å²) >= 11 is 0. The second kappa shape index (κ2) is 7.04. The second-order valence-corrected chi connectivity index (χ2v) is 7.32. The van der Waals surface area contributed by atoms with Crippen LogP contribution in [0.3, 0.4) is 0 Å². The van der Waals surface area contributed by atoms with E-state index in [-0.39, 0.29) is 11.7 Å². The van der Waals surface area contributed by atoms with Crippen LogP contribution in [0.4, 0.5) is 4.39 Å². The fraction of sp³-hybridized carbons (Fsp3) is 0.429. The Hall–Kier alpha value is -2.07. The summed E-state index contributed by atoms with van der Waals surface area (Å²) in [5.41, 5.74) is 1.75. The van der Waals surface area contributed by atoms with E-state index in [4.69, 9.17) is 0 Å². The third-order valence-electron chi connectivity index (χ3n) is 5.69. The molecule has 0 saturated carbocycles. The molecular formula is C21H23FN2O. The number of benzene rings is 1. The summed E-state index contributed by atoms with van der Waals surface area (Å²) in [5.74, 6) is -0.387. The predicted octanol–water partition coefficient (Wildman–Crippen LogP) is 4.24. The minimum Gasteiger partial charge on any atom is -0.294 e. The van der Waals surface area contributed by atoms with Gasteiger partial charge in [0.15, 0.2) is 5.78 Å². The van der Waals surface area contributed by atoms with Gasteiger partial charge in [0.05, 0.1) is 6.20 Å². The van der Waals surface area contributed by atoms with Gasteiger partial charge in [-0.2, -0.15) is 0 Å². The molecule has 4 heteroatoms. The number of nitrogens with zero attached hydrogens (tertiary/aromatic N) is 2. The first-order valence-electron chi connectivity index (χ1n) is 9.15. The number of fused-ring (bicyclic) bond motifs is 2. The molecule has 2 saturated heterocycles. The van der Waals surface area contributed by atoms with Gasteiger partial charge >= 0.3 is 0 Å². The highest BCUT2D eigenvalue weighted by molar-refractivity contribution is 5.97. The number of aromatic nitrogens is 1. The van der Waals surface area contributed by atoms with Gasteiger partial charge in [0.2, 0.25) is 0 Å². The van der Waals surface area contributed by atoms with Crippen molar-refractivity contribution in [1.29, 1.82) is 0 Å². The average Bonchev–Trinajstić information content (AvgIpc) is 2.62. The van der Waals surface area contributed by atoms with Gasteiger partial charge in [-0.3, -0.25) is 14.7 Å². The summed E-state index contributed by atoms with van der Waals surface area (Å²) in [4.78, 5) is 19.2. The summed E-state index contributed by atoms with van der Waals surface area (Å²) < 4.78 is 13.4. The lowest BCUT2D eigenvalue weighted by molar-refractivity contribution is 0.00904. The highest BCUT2D eigenvalue weighted by Gasteiger charge is 2.40. The Morgan fingerprint density at radius 2 is 1.84 bits per heavy atom. The van der Waals surface area contributed by atoms with Gasteiger partial charge < -0.3 is 0 Å². The van der Waals surface area contributed by atoms with Crippen molar-refractivity contribution in [2.45, 2.75) is 50.7 Å². The number of halogens is 1. The number of hydrogen-bond acceptors (Lipinski definition) is 3. The van der Waals surface area contributed by atoms with E-state index in [2.05, 4.69) is 34.1 Å². The molecule has 2 aliphatic rings. The Morgan fingerprint density at radius 1 is 1.12 bits per heavy atom. The van der Waals surface area contributed by atoms with Crippen LogP contribution in [0.5, 0.6) is 0 Å². The van der Waals surface area contributed by atoms with E-state index in [9.17, 15) is 9.18 Å². The molecule has 1 aromatic heterocycles. The van der Waals surface area contributed by atoms with E-state index in [1.165, 1.54) is 24.2 Å². The summed E-state index contributed by atoms with van der Waals surface area (Å²) in [6, 6.07) is 12.8. The molecule has 2 bridgehead atoms. The van der Waals surface area contributed by atoms with Crippen molar-refractivity contribution in [3.63, 3.8) is 0 Å². The van der Waals surface area contributed by atoms with E-state index >= 15 is 0 Å². The number of hydrogen-bond donors (Lipinski definition) is 0. The molecule has 0 aliphatic carbocycles.